The predicted octanol–water partition coefficient (Wildman–Crippen LogP) is 3.39. The highest BCUT2D eigenvalue weighted by Crippen LogP contribution is 2.43. The SMILES string of the molecule is CCCCN(C)C1C(O)c2cc(OCC)ccc2OC1(C)C. The Morgan fingerprint density at radius 2 is 2.05 bits per heavy atom. The molecule has 0 spiro atoms. The van der Waals surface area contributed by atoms with Crippen LogP contribution >= 0.6 is 0 Å². The Labute approximate surface area is 134 Å². The Balaban J connectivity index is 2.31. The van der Waals surface area contributed by atoms with Gasteiger partial charge in [0.05, 0.1) is 12.6 Å². The number of hydrogen-bond acceptors (Lipinski definition) is 4. The highest BCUT2D eigenvalue weighted by Gasteiger charge is 2.45. The first kappa shape index (κ1) is 17.1. The number of nitrogens with zero attached hydrogens (tertiary/aromatic N) is 1. The van der Waals surface area contributed by atoms with Crippen molar-refractivity contribution in [2.75, 3.05) is 20.2 Å². The summed E-state index contributed by atoms with van der Waals surface area (Å²) in [7, 11) is 2.06. The van der Waals surface area contributed by atoms with E-state index >= 15 is 0 Å². The van der Waals surface area contributed by atoms with Crippen LogP contribution in [0.5, 0.6) is 11.5 Å². The number of ether oxygens (including phenoxy) is 2. The maximum atomic E-state index is 10.9. The third-order valence-electron chi connectivity index (χ3n) is 4.33. The molecule has 0 radical (unpaired) electrons. The van der Waals surface area contributed by atoms with Gasteiger partial charge in [-0.05, 0) is 59.0 Å². The third-order valence-corrected chi connectivity index (χ3v) is 4.33. The van der Waals surface area contributed by atoms with Gasteiger partial charge in [-0.1, -0.05) is 13.3 Å². The summed E-state index contributed by atoms with van der Waals surface area (Å²) in [5.41, 5.74) is 0.376. The Kier molecular flexibility index (Phi) is 5.35. The first-order valence-electron chi connectivity index (χ1n) is 8.24. The van der Waals surface area contributed by atoms with E-state index in [1.807, 2.05) is 39.0 Å². The second-order valence-corrected chi connectivity index (χ2v) is 6.56. The number of benzene rings is 1. The largest absolute Gasteiger partial charge is 0.494 e. The first-order valence-corrected chi connectivity index (χ1v) is 8.24. The zero-order valence-electron chi connectivity index (χ0n) is 14.4. The summed E-state index contributed by atoms with van der Waals surface area (Å²) in [5, 5.41) is 10.9. The number of hydrogen-bond donors (Lipinski definition) is 1. The van der Waals surface area contributed by atoms with Gasteiger partial charge >= 0.3 is 0 Å². The summed E-state index contributed by atoms with van der Waals surface area (Å²) in [4.78, 5) is 2.21. The minimum absolute atomic E-state index is 0.0802. The van der Waals surface area contributed by atoms with Gasteiger partial charge in [0, 0.05) is 5.56 Å². The molecule has 2 rings (SSSR count). The third kappa shape index (κ3) is 3.39. The highest BCUT2D eigenvalue weighted by molar-refractivity contribution is 5.44. The molecule has 0 aliphatic carbocycles. The van der Waals surface area contributed by atoms with E-state index in [-0.39, 0.29) is 6.04 Å². The molecule has 0 bridgehead atoms. The molecular formula is C18H29NO3. The molecule has 22 heavy (non-hydrogen) atoms. The van der Waals surface area contributed by atoms with Crippen molar-refractivity contribution in [3.05, 3.63) is 23.8 Å². The molecule has 0 amide bonds. The van der Waals surface area contributed by atoms with Gasteiger partial charge in [0.2, 0.25) is 0 Å². The quantitative estimate of drug-likeness (QED) is 0.875. The fraction of sp³-hybridized carbons (Fsp3) is 0.667. The van der Waals surface area contributed by atoms with Crippen LogP contribution in [-0.2, 0) is 0 Å². The van der Waals surface area contributed by atoms with E-state index in [9.17, 15) is 5.11 Å². The summed E-state index contributed by atoms with van der Waals surface area (Å²) in [6, 6.07) is 5.61. The van der Waals surface area contributed by atoms with Crippen LogP contribution < -0.4 is 9.47 Å². The number of aliphatic hydroxyl groups excluding tert-OH is 1. The molecule has 0 fully saturated rings. The Hall–Kier alpha value is -1.26. The molecule has 1 heterocycles. The van der Waals surface area contributed by atoms with Gasteiger partial charge in [-0.3, -0.25) is 4.90 Å². The minimum atomic E-state index is -0.582. The zero-order chi connectivity index (χ0) is 16.3. The average molecular weight is 307 g/mol. The second kappa shape index (κ2) is 6.88. The van der Waals surface area contributed by atoms with Gasteiger partial charge in [0.15, 0.2) is 0 Å². The first-order chi connectivity index (χ1) is 10.4. The van der Waals surface area contributed by atoms with Crippen LogP contribution in [0.1, 0.15) is 52.2 Å². The molecule has 1 aromatic rings. The molecule has 2 atom stereocenters. The van der Waals surface area contributed by atoms with Crippen molar-refractivity contribution in [3.63, 3.8) is 0 Å². The Morgan fingerprint density at radius 3 is 2.68 bits per heavy atom. The van der Waals surface area contributed by atoms with E-state index in [4.69, 9.17) is 9.47 Å². The molecule has 1 aromatic carbocycles. The average Bonchev–Trinajstić information content (AvgIpc) is 2.45. The van der Waals surface area contributed by atoms with Crippen molar-refractivity contribution < 1.29 is 14.6 Å². The minimum Gasteiger partial charge on any atom is -0.494 e. The van der Waals surface area contributed by atoms with Crippen LogP contribution in [-0.4, -0.2) is 41.8 Å². The Morgan fingerprint density at radius 1 is 1.32 bits per heavy atom. The summed E-state index contributed by atoms with van der Waals surface area (Å²) in [6.45, 7) is 9.78. The molecule has 0 saturated carbocycles. The molecule has 0 aromatic heterocycles. The summed E-state index contributed by atoms with van der Waals surface area (Å²) in [6.07, 6.45) is 1.67. The van der Waals surface area contributed by atoms with E-state index in [1.54, 1.807) is 0 Å². The van der Waals surface area contributed by atoms with Gasteiger partial charge in [0.1, 0.15) is 23.2 Å². The van der Waals surface area contributed by atoms with Gasteiger partial charge in [-0.25, -0.2) is 0 Å². The van der Waals surface area contributed by atoms with Gasteiger partial charge < -0.3 is 14.6 Å². The number of fused-ring (bicyclic) bond motifs is 1. The molecule has 4 heteroatoms. The van der Waals surface area contributed by atoms with Crippen LogP contribution in [0.2, 0.25) is 0 Å². The smallest absolute Gasteiger partial charge is 0.126 e. The lowest BCUT2D eigenvalue weighted by atomic mass is 9.85. The van der Waals surface area contributed by atoms with E-state index in [2.05, 4.69) is 18.9 Å². The van der Waals surface area contributed by atoms with Crippen molar-refractivity contribution >= 4 is 0 Å². The summed E-state index contributed by atoms with van der Waals surface area (Å²) < 4.78 is 11.7. The van der Waals surface area contributed by atoms with Crippen LogP contribution in [0, 0.1) is 0 Å². The fourth-order valence-corrected chi connectivity index (χ4v) is 3.32. The molecule has 1 N–H and O–H groups in total. The number of rotatable bonds is 6. The number of likely N-dealkylation sites (N-methyl/N-ethyl adjacent to an activating group) is 1. The van der Waals surface area contributed by atoms with Crippen LogP contribution in [0.15, 0.2) is 18.2 Å². The molecule has 1 aliphatic rings. The lowest BCUT2D eigenvalue weighted by molar-refractivity contribution is -0.0750. The maximum absolute atomic E-state index is 10.9. The molecule has 2 unspecified atom stereocenters. The van der Waals surface area contributed by atoms with Crippen molar-refractivity contribution in [2.24, 2.45) is 0 Å². The van der Waals surface area contributed by atoms with Gasteiger partial charge in [0.25, 0.3) is 0 Å². The molecule has 0 saturated heterocycles. The van der Waals surface area contributed by atoms with E-state index < -0.39 is 11.7 Å². The lowest BCUT2D eigenvalue weighted by Gasteiger charge is -2.47. The summed E-state index contributed by atoms with van der Waals surface area (Å²) >= 11 is 0. The van der Waals surface area contributed by atoms with Crippen molar-refractivity contribution in [3.8, 4) is 11.5 Å². The molecule has 1 aliphatic heterocycles. The van der Waals surface area contributed by atoms with Crippen molar-refractivity contribution in [2.45, 2.75) is 58.3 Å². The standard InChI is InChI=1S/C18H29NO3/c1-6-8-11-19(5)17-16(20)14-12-13(21-7-2)9-10-15(14)22-18(17,3)4/h9-10,12,16-17,20H,6-8,11H2,1-5H3. The fourth-order valence-electron chi connectivity index (χ4n) is 3.32. The second-order valence-electron chi connectivity index (χ2n) is 6.56. The monoisotopic (exact) mass is 307 g/mol. The van der Waals surface area contributed by atoms with Crippen molar-refractivity contribution in [1.29, 1.82) is 0 Å². The van der Waals surface area contributed by atoms with Crippen LogP contribution in [0.4, 0.5) is 0 Å². The highest BCUT2D eigenvalue weighted by atomic mass is 16.5. The maximum Gasteiger partial charge on any atom is 0.126 e. The molecular weight excluding hydrogens is 278 g/mol. The van der Waals surface area contributed by atoms with Crippen LogP contribution in [0.3, 0.4) is 0 Å². The van der Waals surface area contributed by atoms with E-state index in [0.29, 0.717) is 6.61 Å². The molecule has 124 valence electrons. The lowest BCUT2D eigenvalue weighted by Crippen LogP contribution is -2.57. The normalized spacial score (nSPS) is 23.0. The van der Waals surface area contributed by atoms with Crippen molar-refractivity contribution in [1.82, 2.24) is 4.90 Å². The predicted molar refractivity (Wildman–Crippen MR) is 88.6 cm³/mol. The van der Waals surface area contributed by atoms with Gasteiger partial charge in [-0.2, -0.15) is 0 Å². The Bertz CT molecular complexity index is 501. The zero-order valence-corrected chi connectivity index (χ0v) is 14.4. The van der Waals surface area contributed by atoms with E-state index in [1.165, 1.54) is 0 Å². The number of unbranched alkanes of at least 4 members (excludes halogenated alkanes) is 1. The number of aliphatic hydroxyl groups is 1. The van der Waals surface area contributed by atoms with E-state index in [0.717, 1.165) is 36.4 Å². The van der Waals surface area contributed by atoms with Crippen LogP contribution in [0.25, 0.3) is 0 Å². The van der Waals surface area contributed by atoms with Gasteiger partial charge in [-0.15, -0.1) is 0 Å². The molecule has 4 nitrogen and oxygen atoms in total. The topological polar surface area (TPSA) is 41.9 Å². The summed E-state index contributed by atoms with van der Waals surface area (Å²) in [5.74, 6) is 1.53.